The highest BCUT2D eigenvalue weighted by Gasteiger charge is 2.09. The quantitative estimate of drug-likeness (QED) is 0.702. The summed E-state index contributed by atoms with van der Waals surface area (Å²) in [6.07, 6.45) is 7.09. The van der Waals surface area contributed by atoms with E-state index in [1.54, 1.807) is 29.5 Å². The fourth-order valence-corrected chi connectivity index (χ4v) is 1.33. The summed E-state index contributed by atoms with van der Waals surface area (Å²) in [6, 6.07) is 3.67. The van der Waals surface area contributed by atoms with Crippen molar-refractivity contribution in [1.82, 2.24) is 14.5 Å². The molecule has 2 heterocycles. The summed E-state index contributed by atoms with van der Waals surface area (Å²) >= 11 is 0. The number of imidazole rings is 1. The maximum Gasteiger partial charge on any atom is 0.187 e. The van der Waals surface area contributed by atoms with Crippen LogP contribution in [0.2, 0.25) is 0 Å². The molecular formula is C11H11N3O. The topological polar surface area (TPSA) is 47.8 Å². The number of hydrogen-bond donors (Lipinski definition) is 0. The van der Waals surface area contributed by atoms with Gasteiger partial charge in [-0.15, -0.1) is 0 Å². The first-order valence-electron chi connectivity index (χ1n) is 4.66. The van der Waals surface area contributed by atoms with Crippen molar-refractivity contribution >= 4 is 5.78 Å². The van der Waals surface area contributed by atoms with E-state index >= 15 is 0 Å². The molecule has 2 rings (SSSR count). The van der Waals surface area contributed by atoms with E-state index in [4.69, 9.17) is 0 Å². The molecule has 2 aromatic rings. The lowest BCUT2D eigenvalue weighted by molar-refractivity contribution is 0.0988. The second-order valence-electron chi connectivity index (χ2n) is 3.38. The van der Waals surface area contributed by atoms with E-state index in [1.807, 2.05) is 19.2 Å². The van der Waals surface area contributed by atoms with Gasteiger partial charge in [0, 0.05) is 32.1 Å². The van der Waals surface area contributed by atoms with Crippen LogP contribution in [0.3, 0.4) is 0 Å². The van der Waals surface area contributed by atoms with Gasteiger partial charge in [-0.2, -0.15) is 0 Å². The van der Waals surface area contributed by atoms with Gasteiger partial charge in [-0.1, -0.05) is 0 Å². The molecule has 0 radical (unpaired) electrons. The predicted octanol–water partition coefficient (Wildman–Crippen LogP) is 1.24. The lowest BCUT2D eigenvalue weighted by Crippen LogP contribution is -2.03. The van der Waals surface area contributed by atoms with E-state index in [0.29, 0.717) is 12.1 Å². The number of ketones is 1. The van der Waals surface area contributed by atoms with Crippen LogP contribution in [-0.2, 0) is 13.5 Å². The van der Waals surface area contributed by atoms with Crippen LogP contribution in [0.15, 0.2) is 37.1 Å². The number of pyridine rings is 1. The second kappa shape index (κ2) is 4.04. The van der Waals surface area contributed by atoms with Gasteiger partial charge in [0.15, 0.2) is 5.78 Å². The maximum absolute atomic E-state index is 11.7. The molecule has 0 saturated heterocycles. The van der Waals surface area contributed by atoms with Crippen molar-refractivity contribution in [2.75, 3.05) is 0 Å². The van der Waals surface area contributed by atoms with E-state index in [2.05, 4.69) is 9.97 Å². The van der Waals surface area contributed by atoms with Crippen LogP contribution in [0.1, 0.15) is 16.1 Å². The fraction of sp³-hybridized carbons (Fsp3) is 0.182. The number of carbonyl (C=O) groups excluding carboxylic acids is 1. The SMILES string of the molecule is Cn1cnc(C(=O)Cc2ccncc2)c1. The highest BCUT2D eigenvalue weighted by Crippen LogP contribution is 2.04. The molecule has 0 unspecified atom stereocenters. The molecule has 0 aliphatic rings. The maximum atomic E-state index is 11.7. The average Bonchev–Trinajstić information content (AvgIpc) is 2.66. The van der Waals surface area contributed by atoms with Crippen LogP contribution in [0.5, 0.6) is 0 Å². The van der Waals surface area contributed by atoms with Crippen molar-refractivity contribution in [1.29, 1.82) is 0 Å². The molecule has 15 heavy (non-hydrogen) atoms. The van der Waals surface area contributed by atoms with Crippen LogP contribution < -0.4 is 0 Å². The first-order chi connectivity index (χ1) is 7.25. The minimum Gasteiger partial charge on any atom is -0.340 e. The molecule has 0 amide bonds. The minimum absolute atomic E-state index is 0.0294. The molecular weight excluding hydrogens is 190 g/mol. The Morgan fingerprint density at radius 3 is 2.73 bits per heavy atom. The van der Waals surface area contributed by atoms with Crippen molar-refractivity contribution < 1.29 is 4.79 Å². The van der Waals surface area contributed by atoms with Crippen molar-refractivity contribution in [2.45, 2.75) is 6.42 Å². The molecule has 0 aliphatic carbocycles. The molecule has 0 N–H and O–H groups in total. The first-order valence-corrected chi connectivity index (χ1v) is 4.66. The van der Waals surface area contributed by atoms with Crippen molar-refractivity contribution in [3.8, 4) is 0 Å². The Labute approximate surface area is 87.6 Å². The van der Waals surface area contributed by atoms with Crippen LogP contribution in [0, 0.1) is 0 Å². The normalized spacial score (nSPS) is 10.2. The number of aryl methyl sites for hydroxylation is 1. The minimum atomic E-state index is 0.0294. The Kier molecular flexibility index (Phi) is 2.58. The number of aromatic nitrogens is 3. The highest BCUT2D eigenvalue weighted by molar-refractivity contribution is 5.95. The summed E-state index contributed by atoms with van der Waals surface area (Å²) < 4.78 is 1.76. The van der Waals surface area contributed by atoms with Gasteiger partial charge in [0.25, 0.3) is 0 Å². The van der Waals surface area contributed by atoms with Gasteiger partial charge in [-0.25, -0.2) is 4.98 Å². The summed E-state index contributed by atoms with van der Waals surface area (Å²) in [6.45, 7) is 0. The molecule has 0 bridgehead atoms. The Hall–Kier alpha value is -1.97. The van der Waals surface area contributed by atoms with Crippen molar-refractivity contribution in [2.24, 2.45) is 7.05 Å². The van der Waals surface area contributed by atoms with Gasteiger partial charge in [-0.3, -0.25) is 9.78 Å². The average molecular weight is 201 g/mol. The van der Waals surface area contributed by atoms with E-state index in [-0.39, 0.29) is 5.78 Å². The van der Waals surface area contributed by atoms with E-state index in [1.165, 1.54) is 0 Å². The third kappa shape index (κ3) is 2.28. The Morgan fingerprint density at radius 1 is 1.40 bits per heavy atom. The molecule has 0 spiro atoms. The third-order valence-electron chi connectivity index (χ3n) is 2.10. The smallest absolute Gasteiger partial charge is 0.187 e. The van der Waals surface area contributed by atoms with Crippen LogP contribution in [0.25, 0.3) is 0 Å². The summed E-state index contributed by atoms with van der Waals surface area (Å²) in [5.74, 6) is 0.0294. The molecule has 4 nitrogen and oxygen atoms in total. The van der Waals surface area contributed by atoms with Gasteiger partial charge < -0.3 is 4.57 Å². The summed E-state index contributed by atoms with van der Waals surface area (Å²) in [4.78, 5) is 19.6. The lowest BCUT2D eigenvalue weighted by atomic mass is 10.1. The van der Waals surface area contributed by atoms with Crippen LogP contribution >= 0.6 is 0 Å². The molecule has 0 aliphatic heterocycles. The van der Waals surface area contributed by atoms with Crippen molar-refractivity contribution in [3.63, 3.8) is 0 Å². The van der Waals surface area contributed by atoms with Gasteiger partial charge in [0.05, 0.1) is 6.33 Å². The number of hydrogen-bond acceptors (Lipinski definition) is 3. The summed E-state index contributed by atoms with van der Waals surface area (Å²) in [5.41, 5.74) is 1.47. The summed E-state index contributed by atoms with van der Waals surface area (Å²) in [7, 11) is 1.84. The van der Waals surface area contributed by atoms with Gasteiger partial charge in [0.1, 0.15) is 5.69 Å². The Balaban J connectivity index is 2.11. The van der Waals surface area contributed by atoms with E-state index < -0.39 is 0 Å². The zero-order valence-electron chi connectivity index (χ0n) is 8.42. The zero-order valence-corrected chi connectivity index (χ0v) is 8.42. The number of carbonyl (C=O) groups is 1. The van der Waals surface area contributed by atoms with Crippen LogP contribution in [0.4, 0.5) is 0 Å². The van der Waals surface area contributed by atoms with Crippen molar-refractivity contribution in [3.05, 3.63) is 48.3 Å². The highest BCUT2D eigenvalue weighted by atomic mass is 16.1. The third-order valence-corrected chi connectivity index (χ3v) is 2.10. The standard InChI is InChI=1S/C11H11N3O/c1-14-7-10(13-8-14)11(15)6-9-2-4-12-5-3-9/h2-5,7-8H,6H2,1H3. The van der Waals surface area contributed by atoms with E-state index in [0.717, 1.165) is 5.56 Å². The van der Waals surface area contributed by atoms with Gasteiger partial charge >= 0.3 is 0 Å². The fourth-order valence-electron chi connectivity index (χ4n) is 1.33. The molecule has 4 heteroatoms. The largest absolute Gasteiger partial charge is 0.340 e. The lowest BCUT2D eigenvalue weighted by Gasteiger charge is -1.96. The Morgan fingerprint density at radius 2 is 2.13 bits per heavy atom. The second-order valence-corrected chi connectivity index (χ2v) is 3.38. The Bertz CT molecular complexity index is 462. The molecule has 2 aromatic heterocycles. The predicted molar refractivity (Wildman–Crippen MR) is 55.5 cm³/mol. The molecule has 76 valence electrons. The zero-order chi connectivity index (χ0) is 10.7. The number of rotatable bonds is 3. The van der Waals surface area contributed by atoms with Gasteiger partial charge in [-0.05, 0) is 17.7 Å². The molecule has 0 atom stereocenters. The molecule has 0 fully saturated rings. The van der Waals surface area contributed by atoms with Gasteiger partial charge in [0.2, 0.25) is 0 Å². The van der Waals surface area contributed by atoms with Crippen LogP contribution in [-0.4, -0.2) is 20.3 Å². The summed E-state index contributed by atoms with van der Waals surface area (Å²) in [5, 5.41) is 0. The molecule has 0 saturated carbocycles. The molecule has 0 aromatic carbocycles. The number of Topliss-reactive ketones (excluding diaryl/α,β-unsaturated/α-hetero) is 1. The van der Waals surface area contributed by atoms with E-state index in [9.17, 15) is 4.79 Å². The first kappa shape index (κ1) is 9.58. The monoisotopic (exact) mass is 201 g/mol. The number of nitrogens with zero attached hydrogens (tertiary/aromatic N) is 3.